The molecule has 1 aliphatic rings. The van der Waals surface area contributed by atoms with E-state index in [9.17, 15) is 0 Å². The van der Waals surface area contributed by atoms with E-state index in [4.69, 9.17) is 11.6 Å². The number of hydrogen-bond acceptors (Lipinski definition) is 0. The Hall–Kier alpha value is 0.0300. The molecular formula is C10H17Cl. The standard InChI is InChI=1S/C10H17Cl/c1-9(8-11)7-10-5-3-2-4-6-10/h7,10H,2-6,8H2,1H3/b9-7+. The van der Waals surface area contributed by atoms with Crippen LogP contribution in [0.25, 0.3) is 0 Å². The molecule has 64 valence electrons. The van der Waals surface area contributed by atoms with Crippen molar-refractivity contribution in [2.24, 2.45) is 5.92 Å². The van der Waals surface area contributed by atoms with Crippen molar-refractivity contribution in [3.8, 4) is 0 Å². The molecule has 0 unspecified atom stereocenters. The fraction of sp³-hybridized carbons (Fsp3) is 0.800. The van der Waals surface area contributed by atoms with Crippen LogP contribution >= 0.6 is 11.6 Å². The predicted molar refractivity (Wildman–Crippen MR) is 51.1 cm³/mol. The zero-order valence-corrected chi connectivity index (χ0v) is 8.03. The van der Waals surface area contributed by atoms with E-state index < -0.39 is 0 Å². The van der Waals surface area contributed by atoms with Gasteiger partial charge in [-0.05, 0) is 25.7 Å². The van der Waals surface area contributed by atoms with Gasteiger partial charge in [-0.3, -0.25) is 0 Å². The molecule has 0 saturated heterocycles. The Labute approximate surface area is 74.6 Å². The first-order valence-corrected chi connectivity index (χ1v) is 5.09. The van der Waals surface area contributed by atoms with E-state index in [2.05, 4.69) is 13.0 Å². The topological polar surface area (TPSA) is 0 Å². The number of alkyl halides is 1. The molecule has 1 heteroatoms. The van der Waals surface area contributed by atoms with Crippen LogP contribution in [0.4, 0.5) is 0 Å². The SMILES string of the molecule is C/C(=C\C1CCCCC1)CCl. The first-order valence-electron chi connectivity index (χ1n) is 4.56. The molecule has 1 fully saturated rings. The van der Waals surface area contributed by atoms with Crippen molar-refractivity contribution < 1.29 is 0 Å². The van der Waals surface area contributed by atoms with Gasteiger partial charge >= 0.3 is 0 Å². The largest absolute Gasteiger partial charge is 0.122 e. The summed E-state index contributed by atoms with van der Waals surface area (Å²) in [6, 6.07) is 0. The van der Waals surface area contributed by atoms with Gasteiger partial charge in [-0.2, -0.15) is 0 Å². The quantitative estimate of drug-likeness (QED) is 0.440. The Morgan fingerprint density at radius 1 is 1.36 bits per heavy atom. The fourth-order valence-electron chi connectivity index (χ4n) is 1.75. The van der Waals surface area contributed by atoms with E-state index in [0.717, 1.165) is 5.92 Å². The molecule has 0 amide bonds. The van der Waals surface area contributed by atoms with Gasteiger partial charge in [0.05, 0.1) is 0 Å². The third kappa shape index (κ3) is 3.29. The van der Waals surface area contributed by atoms with Gasteiger partial charge in [0.25, 0.3) is 0 Å². The molecule has 0 heterocycles. The summed E-state index contributed by atoms with van der Waals surface area (Å²) in [4.78, 5) is 0. The maximum absolute atomic E-state index is 5.70. The average molecular weight is 173 g/mol. The minimum atomic E-state index is 0.705. The average Bonchev–Trinajstić information content (AvgIpc) is 2.06. The van der Waals surface area contributed by atoms with Gasteiger partial charge in [0.2, 0.25) is 0 Å². The van der Waals surface area contributed by atoms with Crippen LogP contribution in [0.3, 0.4) is 0 Å². The lowest BCUT2D eigenvalue weighted by molar-refractivity contribution is 0.418. The normalized spacial score (nSPS) is 22.2. The fourth-order valence-corrected chi connectivity index (χ4v) is 1.84. The molecular weight excluding hydrogens is 156 g/mol. The Kier molecular flexibility index (Phi) is 3.99. The molecule has 1 rings (SSSR count). The van der Waals surface area contributed by atoms with Gasteiger partial charge < -0.3 is 0 Å². The maximum atomic E-state index is 5.70. The summed E-state index contributed by atoms with van der Waals surface area (Å²) in [5.74, 6) is 1.54. The van der Waals surface area contributed by atoms with Gasteiger partial charge in [0, 0.05) is 5.88 Å². The summed E-state index contributed by atoms with van der Waals surface area (Å²) >= 11 is 5.70. The van der Waals surface area contributed by atoms with Crippen molar-refractivity contribution in [2.75, 3.05) is 5.88 Å². The highest BCUT2D eigenvalue weighted by atomic mass is 35.5. The van der Waals surface area contributed by atoms with Gasteiger partial charge in [-0.15, -0.1) is 11.6 Å². The van der Waals surface area contributed by atoms with Gasteiger partial charge in [0.1, 0.15) is 0 Å². The molecule has 1 aliphatic carbocycles. The molecule has 0 spiro atoms. The van der Waals surface area contributed by atoms with E-state index >= 15 is 0 Å². The molecule has 0 aromatic carbocycles. The molecule has 0 aromatic rings. The molecule has 0 N–H and O–H groups in total. The number of allylic oxidation sites excluding steroid dienone is 2. The van der Waals surface area contributed by atoms with Gasteiger partial charge in [0.15, 0.2) is 0 Å². The van der Waals surface area contributed by atoms with Crippen LogP contribution in [0.2, 0.25) is 0 Å². The molecule has 11 heavy (non-hydrogen) atoms. The zero-order valence-electron chi connectivity index (χ0n) is 7.28. The summed E-state index contributed by atoms with van der Waals surface area (Å²) in [6.45, 7) is 2.13. The second kappa shape index (κ2) is 4.82. The minimum Gasteiger partial charge on any atom is -0.122 e. The minimum absolute atomic E-state index is 0.705. The Bertz CT molecular complexity index is 132. The third-order valence-electron chi connectivity index (χ3n) is 2.38. The third-order valence-corrected chi connectivity index (χ3v) is 2.80. The van der Waals surface area contributed by atoms with Crippen LogP contribution in [-0.2, 0) is 0 Å². The van der Waals surface area contributed by atoms with E-state index in [-0.39, 0.29) is 0 Å². The van der Waals surface area contributed by atoms with Crippen molar-refractivity contribution >= 4 is 11.6 Å². The number of rotatable bonds is 2. The molecule has 0 radical (unpaired) electrons. The van der Waals surface area contributed by atoms with Crippen LogP contribution in [0.15, 0.2) is 11.6 Å². The first-order chi connectivity index (χ1) is 5.33. The molecule has 0 bridgehead atoms. The molecule has 0 aliphatic heterocycles. The molecule has 0 aromatic heterocycles. The van der Waals surface area contributed by atoms with E-state index in [0.29, 0.717) is 5.88 Å². The van der Waals surface area contributed by atoms with Crippen molar-refractivity contribution in [2.45, 2.75) is 39.0 Å². The van der Waals surface area contributed by atoms with Crippen molar-refractivity contribution in [3.05, 3.63) is 11.6 Å². The second-order valence-electron chi connectivity index (χ2n) is 3.54. The molecule has 1 saturated carbocycles. The Balaban J connectivity index is 2.34. The van der Waals surface area contributed by atoms with Crippen LogP contribution in [0.1, 0.15) is 39.0 Å². The van der Waals surface area contributed by atoms with Crippen LogP contribution in [0.5, 0.6) is 0 Å². The monoisotopic (exact) mass is 172 g/mol. The maximum Gasteiger partial charge on any atom is 0.0430 e. The van der Waals surface area contributed by atoms with E-state index in [1.165, 1.54) is 37.7 Å². The highest BCUT2D eigenvalue weighted by Gasteiger charge is 2.10. The predicted octanol–water partition coefficient (Wildman–Crippen LogP) is 3.75. The summed E-state index contributed by atoms with van der Waals surface area (Å²) in [5, 5.41) is 0. The Morgan fingerprint density at radius 2 is 2.00 bits per heavy atom. The summed E-state index contributed by atoms with van der Waals surface area (Å²) < 4.78 is 0. The first kappa shape index (κ1) is 9.12. The van der Waals surface area contributed by atoms with Crippen molar-refractivity contribution in [1.82, 2.24) is 0 Å². The highest BCUT2D eigenvalue weighted by Crippen LogP contribution is 2.25. The Morgan fingerprint density at radius 3 is 2.55 bits per heavy atom. The zero-order chi connectivity index (χ0) is 8.10. The molecule has 0 nitrogen and oxygen atoms in total. The van der Waals surface area contributed by atoms with Crippen LogP contribution in [-0.4, -0.2) is 5.88 Å². The second-order valence-corrected chi connectivity index (χ2v) is 3.81. The lowest BCUT2D eigenvalue weighted by atomic mass is 9.88. The van der Waals surface area contributed by atoms with Crippen molar-refractivity contribution in [1.29, 1.82) is 0 Å². The lowest BCUT2D eigenvalue weighted by Crippen LogP contribution is -2.03. The van der Waals surface area contributed by atoms with E-state index in [1.54, 1.807) is 0 Å². The van der Waals surface area contributed by atoms with Crippen LogP contribution < -0.4 is 0 Å². The van der Waals surface area contributed by atoms with Gasteiger partial charge in [-0.25, -0.2) is 0 Å². The summed E-state index contributed by atoms with van der Waals surface area (Å²) in [7, 11) is 0. The molecule has 0 atom stereocenters. The summed E-state index contributed by atoms with van der Waals surface area (Å²) in [6.07, 6.45) is 9.40. The number of halogens is 1. The highest BCUT2D eigenvalue weighted by molar-refractivity contribution is 6.19. The number of hydrogen-bond donors (Lipinski definition) is 0. The van der Waals surface area contributed by atoms with Crippen LogP contribution in [0, 0.1) is 5.92 Å². The van der Waals surface area contributed by atoms with E-state index in [1.807, 2.05) is 0 Å². The lowest BCUT2D eigenvalue weighted by Gasteiger charge is -2.18. The van der Waals surface area contributed by atoms with Crippen molar-refractivity contribution in [3.63, 3.8) is 0 Å². The summed E-state index contributed by atoms with van der Waals surface area (Å²) in [5.41, 5.74) is 1.35. The van der Waals surface area contributed by atoms with Gasteiger partial charge in [-0.1, -0.05) is 30.9 Å². The smallest absolute Gasteiger partial charge is 0.0430 e.